The van der Waals surface area contributed by atoms with E-state index in [9.17, 15) is 0 Å². The third-order valence-electron chi connectivity index (χ3n) is 14.6. The molecule has 0 spiro atoms. The fourth-order valence-corrected chi connectivity index (χ4v) is 12.1. The molecule has 66 heavy (non-hydrogen) atoms. The zero-order valence-corrected chi connectivity index (χ0v) is 37.6. The van der Waals surface area contributed by atoms with E-state index in [0.717, 1.165) is 56.8 Å². The summed E-state index contributed by atoms with van der Waals surface area (Å²) >= 11 is 0. The lowest BCUT2D eigenvalue weighted by Crippen LogP contribution is -2.42. The maximum Gasteiger partial charge on any atom is 0.164 e. The second-order valence-electron chi connectivity index (χ2n) is 19.3. The number of nitrogens with zero attached hydrogens (tertiary/aromatic N) is 4. The van der Waals surface area contributed by atoms with Crippen molar-refractivity contribution in [2.75, 3.05) is 0 Å². The fourth-order valence-electron chi connectivity index (χ4n) is 12.1. The van der Waals surface area contributed by atoms with Crippen LogP contribution >= 0.6 is 0 Å². The topological polar surface area (TPSA) is 43.6 Å². The van der Waals surface area contributed by atoms with Crippen molar-refractivity contribution in [3.8, 4) is 73.2 Å². The molecule has 2 saturated carbocycles. The summed E-state index contributed by atoms with van der Waals surface area (Å²) in [6.07, 6.45) is 6.51. The average Bonchev–Trinajstić information content (AvgIpc) is 3.71. The number of benzene rings is 8. The molecule has 0 amide bonds. The van der Waals surface area contributed by atoms with Gasteiger partial charge in [-0.3, -0.25) is 0 Å². The third-order valence-corrected chi connectivity index (χ3v) is 14.6. The van der Waals surface area contributed by atoms with Gasteiger partial charge in [0, 0.05) is 33.0 Å². The van der Waals surface area contributed by atoms with E-state index in [1.54, 1.807) is 5.56 Å². The van der Waals surface area contributed by atoms with Crippen molar-refractivity contribution >= 4 is 21.8 Å². The van der Waals surface area contributed by atoms with E-state index >= 15 is 0 Å². The molecular formula is C62H52N4. The summed E-state index contributed by atoms with van der Waals surface area (Å²) < 4.78 is 2.53. The van der Waals surface area contributed by atoms with Crippen LogP contribution in [0, 0.1) is 17.8 Å². The summed E-state index contributed by atoms with van der Waals surface area (Å²) in [5, 5.41) is 2.72. The highest BCUT2D eigenvalue weighted by atomic mass is 15.0. The summed E-state index contributed by atoms with van der Waals surface area (Å²) in [6.45, 7) is 4.99. The molecule has 2 unspecified atom stereocenters. The molecule has 2 bridgehead atoms. The van der Waals surface area contributed by atoms with Crippen molar-refractivity contribution in [2.45, 2.75) is 51.4 Å². The van der Waals surface area contributed by atoms with E-state index in [0.29, 0.717) is 17.5 Å². The number of para-hydroxylation sites is 1. The van der Waals surface area contributed by atoms with E-state index in [1.807, 2.05) is 0 Å². The maximum absolute atomic E-state index is 5.31. The van der Waals surface area contributed by atoms with Crippen molar-refractivity contribution in [2.24, 2.45) is 17.8 Å². The van der Waals surface area contributed by atoms with Gasteiger partial charge in [0.15, 0.2) is 17.5 Å². The van der Waals surface area contributed by atoms with Gasteiger partial charge in [-0.15, -0.1) is 0 Å². The minimum Gasteiger partial charge on any atom is -0.309 e. The van der Waals surface area contributed by atoms with Crippen molar-refractivity contribution in [1.82, 2.24) is 19.5 Å². The molecule has 12 rings (SSSR count). The lowest BCUT2D eigenvalue weighted by molar-refractivity contribution is 0.0790. The zero-order valence-electron chi connectivity index (χ0n) is 37.6. The van der Waals surface area contributed by atoms with Gasteiger partial charge < -0.3 is 4.57 Å². The Labute approximate surface area is 387 Å². The van der Waals surface area contributed by atoms with Gasteiger partial charge >= 0.3 is 0 Å². The summed E-state index contributed by atoms with van der Waals surface area (Å²) in [7, 11) is 0. The van der Waals surface area contributed by atoms with Crippen LogP contribution in [-0.4, -0.2) is 19.5 Å². The normalized spacial score (nSPS) is 19.3. The quantitative estimate of drug-likeness (QED) is 0.153. The van der Waals surface area contributed by atoms with Crippen molar-refractivity contribution in [3.63, 3.8) is 0 Å². The Morgan fingerprint density at radius 1 is 0.409 bits per heavy atom. The van der Waals surface area contributed by atoms with Gasteiger partial charge in [-0.05, 0) is 107 Å². The minimum absolute atomic E-state index is 0.175. The number of aromatic nitrogens is 4. The van der Waals surface area contributed by atoms with Gasteiger partial charge in [0.2, 0.25) is 0 Å². The summed E-state index contributed by atoms with van der Waals surface area (Å²) in [4.78, 5) is 15.8. The second-order valence-corrected chi connectivity index (χ2v) is 19.3. The van der Waals surface area contributed by atoms with Crippen LogP contribution in [0.5, 0.6) is 0 Å². The zero-order chi connectivity index (χ0) is 44.2. The molecule has 320 valence electrons. The Morgan fingerprint density at radius 3 is 1.44 bits per heavy atom. The molecule has 8 aromatic carbocycles. The summed E-state index contributed by atoms with van der Waals surface area (Å²) in [5.41, 5.74) is 15.1. The first-order valence-electron chi connectivity index (χ1n) is 23.8. The molecule has 2 heterocycles. The van der Waals surface area contributed by atoms with Crippen LogP contribution < -0.4 is 0 Å². The van der Waals surface area contributed by atoms with E-state index in [1.165, 1.54) is 70.6 Å². The highest BCUT2D eigenvalue weighted by Crippen LogP contribution is 2.56. The van der Waals surface area contributed by atoms with E-state index < -0.39 is 0 Å². The Morgan fingerprint density at radius 2 is 0.864 bits per heavy atom. The number of rotatable bonds is 8. The van der Waals surface area contributed by atoms with Crippen LogP contribution in [-0.2, 0) is 5.41 Å². The molecule has 4 nitrogen and oxygen atoms in total. The minimum atomic E-state index is 0.175. The van der Waals surface area contributed by atoms with Gasteiger partial charge in [0.1, 0.15) is 0 Å². The molecule has 0 radical (unpaired) electrons. The number of fused-ring (bicyclic) bond motifs is 5. The Hall–Kier alpha value is -7.43. The van der Waals surface area contributed by atoms with Crippen LogP contribution in [0.2, 0.25) is 0 Å². The lowest BCUT2D eigenvalue weighted by Gasteiger charge is -2.50. The highest BCUT2D eigenvalue weighted by molar-refractivity contribution is 6.12. The molecule has 0 N–H and O–H groups in total. The number of hydrogen-bond acceptors (Lipinski definition) is 3. The predicted molar refractivity (Wildman–Crippen MR) is 273 cm³/mol. The summed E-state index contributed by atoms with van der Waals surface area (Å²) in [5.74, 6) is 4.14. The van der Waals surface area contributed by atoms with E-state index in [2.05, 4.69) is 219 Å². The van der Waals surface area contributed by atoms with E-state index in [4.69, 9.17) is 15.0 Å². The average molecular weight is 853 g/mol. The Bertz CT molecular complexity index is 3230. The monoisotopic (exact) mass is 852 g/mol. The second kappa shape index (κ2) is 16.5. The van der Waals surface area contributed by atoms with Gasteiger partial charge in [0.05, 0.1) is 16.7 Å². The fraction of sp³-hybridized carbons (Fsp3) is 0.177. The maximum atomic E-state index is 5.31. The first-order valence-corrected chi connectivity index (χ1v) is 23.8. The molecule has 2 atom stereocenters. The first kappa shape index (κ1) is 40.1. The Kier molecular flexibility index (Phi) is 10.0. The number of hydrogen-bond donors (Lipinski definition) is 0. The van der Waals surface area contributed by atoms with Crippen LogP contribution in [0.4, 0.5) is 0 Å². The highest BCUT2D eigenvalue weighted by Gasteiger charge is 2.46. The van der Waals surface area contributed by atoms with Gasteiger partial charge in [-0.25, -0.2) is 15.0 Å². The SMILES string of the molecule is CC1CC2CC(C)CC(c3cccc4c3c3ccccc3n4-c3cc(-c4nc(-c5ccc(-c6ccccc6)cc5)nc(-c5ccc(-c6ccccc6)cc5)n4)ccc3-c3ccccc3)(C1)C2. The van der Waals surface area contributed by atoms with Crippen molar-refractivity contribution in [1.29, 1.82) is 0 Å². The lowest BCUT2D eigenvalue weighted by atomic mass is 9.54. The van der Waals surface area contributed by atoms with Crippen LogP contribution in [0.3, 0.4) is 0 Å². The molecule has 2 aliphatic carbocycles. The molecule has 2 fully saturated rings. The van der Waals surface area contributed by atoms with Gasteiger partial charge in [-0.1, -0.05) is 196 Å². The van der Waals surface area contributed by atoms with Crippen molar-refractivity contribution < 1.29 is 0 Å². The molecule has 2 aromatic heterocycles. The largest absolute Gasteiger partial charge is 0.309 e. The van der Waals surface area contributed by atoms with Gasteiger partial charge in [0.25, 0.3) is 0 Å². The Balaban J connectivity index is 1.06. The molecule has 0 aliphatic heterocycles. The van der Waals surface area contributed by atoms with E-state index in [-0.39, 0.29) is 5.41 Å². The third kappa shape index (κ3) is 7.22. The van der Waals surface area contributed by atoms with Crippen LogP contribution in [0.25, 0.3) is 95.0 Å². The predicted octanol–water partition coefficient (Wildman–Crippen LogP) is 16.1. The van der Waals surface area contributed by atoms with Crippen molar-refractivity contribution in [3.05, 3.63) is 206 Å². The van der Waals surface area contributed by atoms with Crippen LogP contribution in [0.15, 0.2) is 200 Å². The van der Waals surface area contributed by atoms with Crippen LogP contribution in [0.1, 0.15) is 51.5 Å². The summed E-state index contributed by atoms with van der Waals surface area (Å²) in [6, 6.07) is 72.0. The smallest absolute Gasteiger partial charge is 0.164 e. The molecule has 2 aliphatic rings. The molecule has 0 saturated heterocycles. The molecular weight excluding hydrogens is 801 g/mol. The first-order chi connectivity index (χ1) is 32.5. The molecule has 10 aromatic rings. The molecule has 4 heteroatoms. The van der Waals surface area contributed by atoms with Gasteiger partial charge in [-0.2, -0.15) is 0 Å². The standard InChI is InChI=1S/C62H52N4/c1-41-35-43-36-42(2)39-62(38-41,40-43)54-22-14-24-56-58(54)53-21-12-13-23-55(53)66(56)57-37-51(33-34-52(57)48-19-10-5-11-20-48)61-64-59(49-29-25-46(26-30-49)44-15-6-3-7-16-44)63-60(65-61)50-31-27-47(28-32-50)45-17-8-4-9-18-45/h3-34,37,41-43H,35-36,38-40H2,1-2H3.